The third-order valence-corrected chi connectivity index (χ3v) is 10.6. The number of aliphatic hydroxyl groups excluding tert-OH is 4. The molecule has 10 nitrogen and oxygen atoms in total. The minimum absolute atomic E-state index is 0.00569. The van der Waals surface area contributed by atoms with Gasteiger partial charge in [-0.2, -0.15) is 0 Å². The zero-order valence-corrected chi connectivity index (χ0v) is 36.0. The summed E-state index contributed by atoms with van der Waals surface area (Å²) in [4.78, 5) is 30.4. The highest BCUT2D eigenvalue weighted by Crippen LogP contribution is 2.15. The first-order valence-electron chi connectivity index (χ1n) is 23.2. The monoisotopic (exact) mass is 787 g/mol. The molecule has 0 aliphatic rings. The highest BCUT2D eigenvalue weighted by molar-refractivity contribution is 5.96. The molecule has 0 aliphatic heterocycles. The van der Waals surface area contributed by atoms with Gasteiger partial charge in [-0.15, -0.1) is 0 Å². The van der Waals surface area contributed by atoms with Gasteiger partial charge in [-0.3, -0.25) is 9.59 Å². The van der Waals surface area contributed by atoms with Gasteiger partial charge in [0.05, 0.1) is 39.6 Å². The van der Waals surface area contributed by atoms with Crippen LogP contribution < -0.4 is 0 Å². The number of amides is 2. The maximum Gasteiger partial charge on any atom is 0.232 e. The Balaban J connectivity index is 4.74. The summed E-state index contributed by atoms with van der Waals surface area (Å²) < 4.78 is 11.0. The molecule has 0 heterocycles. The van der Waals surface area contributed by atoms with Crippen LogP contribution in [0.5, 0.6) is 0 Å². The summed E-state index contributed by atoms with van der Waals surface area (Å²) in [5.41, 5.74) is 0. The van der Waals surface area contributed by atoms with Gasteiger partial charge in [0, 0.05) is 26.2 Å². The number of aliphatic hydroxyl groups is 4. The lowest BCUT2D eigenvalue weighted by Gasteiger charge is -2.26. The molecular weight excluding hydrogens is 697 g/mol. The minimum atomic E-state index is -0.958. The highest BCUT2D eigenvalue weighted by Gasteiger charge is 2.22. The standard InChI is InChI=1S/C45H90N2O8/c1-3-5-7-9-11-13-15-17-19-21-23-25-27-29-31-46(33-35-54-40-42(50)38-48)44(52)37-45(53)47(34-36-55-41-43(51)39-49)32-30-28-26-24-22-20-18-16-14-12-10-8-6-4-2/h42-43,48-51H,3-41H2,1-2H3. The number of hydrogen-bond acceptors (Lipinski definition) is 8. The van der Waals surface area contributed by atoms with Gasteiger partial charge in [-0.25, -0.2) is 0 Å². The highest BCUT2D eigenvalue weighted by atomic mass is 16.5. The van der Waals surface area contributed by atoms with E-state index in [4.69, 9.17) is 19.7 Å². The fourth-order valence-electron chi connectivity index (χ4n) is 6.96. The maximum atomic E-state index is 13.5. The molecule has 2 amide bonds. The average molecular weight is 787 g/mol. The first kappa shape index (κ1) is 53.7. The molecule has 2 atom stereocenters. The molecule has 0 saturated heterocycles. The van der Waals surface area contributed by atoms with Crippen LogP contribution in [-0.4, -0.2) is 120 Å². The van der Waals surface area contributed by atoms with Crippen molar-refractivity contribution < 1.29 is 39.5 Å². The van der Waals surface area contributed by atoms with Crippen LogP contribution in [0.4, 0.5) is 0 Å². The van der Waals surface area contributed by atoms with E-state index in [1.54, 1.807) is 9.80 Å². The molecule has 0 fully saturated rings. The van der Waals surface area contributed by atoms with Crippen molar-refractivity contribution in [3.8, 4) is 0 Å². The van der Waals surface area contributed by atoms with Crippen molar-refractivity contribution in [2.75, 3.05) is 65.8 Å². The number of hydrogen-bond donors (Lipinski definition) is 4. The quantitative estimate of drug-likeness (QED) is 0.0355. The smallest absolute Gasteiger partial charge is 0.232 e. The summed E-state index contributed by atoms with van der Waals surface area (Å²) in [6, 6.07) is 0. The van der Waals surface area contributed by atoms with Gasteiger partial charge in [0.2, 0.25) is 11.8 Å². The van der Waals surface area contributed by atoms with Crippen molar-refractivity contribution >= 4 is 11.8 Å². The van der Waals surface area contributed by atoms with Crippen LogP contribution in [0, 0.1) is 0 Å². The number of rotatable bonds is 44. The van der Waals surface area contributed by atoms with E-state index >= 15 is 0 Å². The van der Waals surface area contributed by atoms with Crippen LogP contribution in [0.2, 0.25) is 0 Å². The Hall–Kier alpha value is -1.30. The molecule has 0 aromatic carbocycles. The molecule has 10 heteroatoms. The second kappa shape index (κ2) is 42.3. The zero-order valence-electron chi connectivity index (χ0n) is 36.0. The Morgan fingerprint density at radius 1 is 0.418 bits per heavy atom. The van der Waals surface area contributed by atoms with Gasteiger partial charge in [0.15, 0.2) is 0 Å². The fourth-order valence-corrected chi connectivity index (χ4v) is 6.96. The van der Waals surface area contributed by atoms with E-state index in [9.17, 15) is 19.8 Å². The van der Waals surface area contributed by atoms with Gasteiger partial charge >= 0.3 is 0 Å². The summed E-state index contributed by atoms with van der Waals surface area (Å²) in [6.45, 7) is 5.94. The van der Waals surface area contributed by atoms with Crippen molar-refractivity contribution in [3.05, 3.63) is 0 Å². The maximum absolute atomic E-state index is 13.5. The lowest BCUT2D eigenvalue weighted by Crippen LogP contribution is -2.41. The van der Waals surface area contributed by atoms with Crippen LogP contribution in [0.15, 0.2) is 0 Å². The molecular formula is C45H90N2O8. The Kier molecular flexibility index (Phi) is 41.3. The van der Waals surface area contributed by atoms with E-state index < -0.39 is 12.2 Å². The van der Waals surface area contributed by atoms with E-state index in [0.29, 0.717) is 26.2 Å². The number of carbonyl (C=O) groups is 2. The van der Waals surface area contributed by atoms with Crippen LogP contribution in [-0.2, 0) is 19.1 Å². The van der Waals surface area contributed by atoms with Crippen molar-refractivity contribution in [1.82, 2.24) is 9.80 Å². The third kappa shape index (κ3) is 36.8. The first-order valence-corrected chi connectivity index (χ1v) is 23.2. The Labute approximate surface area is 338 Å². The molecule has 2 unspecified atom stereocenters. The van der Waals surface area contributed by atoms with E-state index in [2.05, 4.69) is 13.8 Å². The predicted molar refractivity (Wildman–Crippen MR) is 226 cm³/mol. The van der Waals surface area contributed by atoms with E-state index in [0.717, 1.165) is 38.5 Å². The number of unbranched alkanes of at least 4 members (excludes halogenated alkanes) is 26. The molecule has 0 spiro atoms. The van der Waals surface area contributed by atoms with Crippen LogP contribution in [0.1, 0.15) is 200 Å². The van der Waals surface area contributed by atoms with E-state index in [1.807, 2.05) is 0 Å². The summed E-state index contributed by atoms with van der Waals surface area (Å²) >= 11 is 0. The fraction of sp³-hybridized carbons (Fsp3) is 0.956. The van der Waals surface area contributed by atoms with Gasteiger partial charge in [-0.05, 0) is 12.8 Å². The molecule has 4 N–H and O–H groups in total. The third-order valence-electron chi connectivity index (χ3n) is 10.6. The molecule has 0 bridgehead atoms. The molecule has 0 aromatic heterocycles. The molecule has 328 valence electrons. The molecule has 0 radical (unpaired) electrons. The number of ether oxygens (including phenoxy) is 2. The van der Waals surface area contributed by atoms with E-state index in [1.165, 1.54) is 141 Å². The normalized spacial score (nSPS) is 12.6. The largest absolute Gasteiger partial charge is 0.394 e. The summed E-state index contributed by atoms with van der Waals surface area (Å²) in [5, 5.41) is 37.5. The second-order valence-electron chi connectivity index (χ2n) is 16.0. The number of carbonyl (C=O) groups excluding carboxylic acids is 2. The minimum Gasteiger partial charge on any atom is -0.394 e. The molecule has 0 aliphatic carbocycles. The number of nitrogens with zero attached hydrogens (tertiary/aromatic N) is 2. The van der Waals surface area contributed by atoms with Crippen LogP contribution >= 0.6 is 0 Å². The molecule has 0 saturated carbocycles. The SMILES string of the molecule is CCCCCCCCCCCCCCCCN(CCOCC(O)CO)C(=O)CC(=O)N(CCCCCCCCCCCCCCCC)CCOCC(O)CO. The van der Waals surface area contributed by atoms with Gasteiger partial charge < -0.3 is 39.7 Å². The second-order valence-corrected chi connectivity index (χ2v) is 16.0. The summed E-state index contributed by atoms with van der Waals surface area (Å²) in [7, 11) is 0. The van der Waals surface area contributed by atoms with Gasteiger partial charge in [-0.1, -0.05) is 181 Å². The van der Waals surface area contributed by atoms with Crippen LogP contribution in [0.25, 0.3) is 0 Å². The van der Waals surface area contributed by atoms with Crippen molar-refractivity contribution in [2.24, 2.45) is 0 Å². The van der Waals surface area contributed by atoms with Crippen molar-refractivity contribution in [2.45, 2.75) is 212 Å². The lowest BCUT2D eigenvalue weighted by atomic mass is 10.0. The van der Waals surface area contributed by atoms with E-state index in [-0.39, 0.29) is 57.9 Å². The predicted octanol–water partition coefficient (Wildman–Crippen LogP) is 8.74. The lowest BCUT2D eigenvalue weighted by molar-refractivity contribution is -0.141. The molecule has 55 heavy (non-hydrogen) atoms. The Morgan fingerprint density at radius 3 is 0.927 bits per heavy atom. The van der Waals surface area contributed by atoms with Crippen molar-refractivity contribution in [1.29, 1.82) is 0 Å². The first-order chi connectivity index (χ1) is 26.9. The Bertz CT molecular complexity index is 756. The Morgan fingerprint density at radius 2 is 0.673 bits per heavy atom. The average Bonchev–Trinajstić information content (AvgIpc) is 3.19. The topological polar surface area (TPSA) is 140 Å². The van der Waals surface area contributed by atoms with Crippen molar-refractivity contribution in [3.63, 3.8) is 0 Å². The zero-order chi connectivity index (χ0) is 40.5. The molecule has 0 aromatic rings. The van der Waals surface area contributed by atoms with Gasteiger partial charge in [0.25, 0.3) is 0 Å². The van der Waals surface area contributed by atoms with Crippen LogP contribution in [0.3, 0.4) is 0 Å². The summed E-state index contributed by atoms with van der Waals surface area (Å²) in [6.07, 6.45) is 33.0. The van der Waals surface area contributed by atoms with Gasteiger partial charge in [0.1, 0.15) is 18.6 Å². The summed E-state index contributed by atoms with van der Waals surface area (Å²) in [5.74, 6) is -0.456. The molecule has 0 rings (SSSR count).